The first-order valence-corrected chi connectivity index (χ1v) is 7.75. The molecule has 1 unspecified atom stereocenters. The second kappa shape index (κ2) is 7.44. The van der Waals surface area contributed by atoms with Gasteiger partial charge in [-0.25, -0.2) is 0 Å². The lowest BCUT2D eigenvalue weighted by Crippen LogP contribution is -2.37. The number of carbonyl (C=O) groups excluding carboxylic acids is 1. The zero-order chi connectivity index (χ0) is 14.4. The van der Waals surface area contributed by atoms with E-state index in [0.717, 1.165) is 24.3 Å². The van der Waals surface area contributed by atoms with Gasteiger partial charge in [0, 0.05) is 18.5 Å². The van der Waals surface area contributed by atoms with Crippen molar-refractivity contribution in [2.45, 2.75) is 57.5 Å². The summed E-state index contributed by atoms with van der Waals surface area (Å²) in [5.74, 6) is 0.964. The molecule has 0 aromatic heterocycles. The molecule has 110 valence electrons. The molecule has 1 atom stereocenters. The van der Waals surface area contributed by atoms with E-state index >= 15 is 0 Å². The Morgan fingerprint density at radius 3 is 2.55 bits per heavy atom. The largest absolute Gasteiger partial charge is 0.353 e. The van der Waals surface area contributed by atoms with E-state index in [1.165, 1.54) is 12.8 Å². The van der Waals surface area contributed by atoms with E-state index in [0.29, 0.717) is 18.9 Å². The van der Waals surface area contributed by atoms with Gasteiger partial charge in [-0.2, -0.15) is 0 Å². The van der Waals surface area contributed by atoms with Crippen LogP contribution in [0.25, 0.3) is 0 Å². The summed E-state index contributed by atoms with van der Waals surface area (Å²) in [6.45, 7) is 2.29. The maximum Gasteiger partial charge on any atom is 0.220 e. The number of benzene rings is 1. The molecule has 1 fully saturated rings. The van der Waals surface area contributed by atoms with Crippen molar-refractivity contribution in [3.05, 3.63) is 35.9 Å². The van der Waals surface area contributed by atoms with Crippen molar-refractivity contribution in [2.75, 3.05) is 0 Å². The second-order valence-corrected chi connectivity index (χ2v) is 6.08. The van der Waals surface area contributed by atoms with Crippen LogP contribution >= 0.6 is 0 Å². The Morgan fingerprint density at radius 1 is 1.25 bits per heavy atom. The smallest absolute Gasteiger partial charge is 0.220 e. The minimum Gasteiger partial charge on any atom is -0.353 e. The highest BCUT2D eigenvalue weighted by molar-refractivity contribution is 5.76. The van der Waals surface area contributed by atoms with E-state index in [9.17, 15) is 4.79 Å². The van der Waals surface area contributed by atoms with Crippen molar-refractivity contribution in [1.82, 2.24) is 5.32 Å². The van der Waals surface area contributed by atoms with Crippen LogP contribution in [0.3, 0.4) is 0 Å². The van der Waals surface area contributed by atoms with Crippen LogP contribution in [0.1, 0.15) is 57.1 Å². The maximum absolute atomic E-state index is 12.0. The predicted molar refractivity (Wildman–Crippen MR) is 82.2 cm³/mol. The zero-order valence-electron chi connectivity index (χ0n) is 12.3. The monoisotopic (exact) mass is 274 g/mol. The summed E-state index contributed by atoms with van der Waals surface area (Å²) in [7, 11) is 0. The normalized spacial score (nSPS) is 24.1. The molecule has 1 aromatic rings. The Kier molecular flexibility index (Phi) is 5.60. The van der Waals surface area contributed by atoms with E-state index in [-0.39, 0.29) is 11.9 Å². The van der Waals surface area contributed by atoms with Gasteiger partial charge in [0.05, 0.1) is 0 Å². The molecule has 0 aliphatic heterocycles. The standard InChI is InChI=1S/C17H26N2O/c1-13-7-9-15(10-8-13)19-17(20)12-11-16(18)14-5-3-2-4-6-14/h2-6,13,15-16H,7-12,18H2,1H3,(H,19,20). The molecular weight excluding hydrogens is 248 g/mol. The third kappa shape index (κ3) is 4.64. The summed E-state index contributed by atoms with van der Waals surface area (Å²) in [5.41, 5.74) is 7.22. The zero-order valence-corrected chi connectivity index (χ0v) is 12.3. The summed E-state index contributed by atoms with van der Waals surface area (Å²) in [4.78, 5) is 12.0. The van der Waals surface area contributed by atoms with Gasteiger partial charge in [-0.3, -0.25) is 4.79 Å². The molecular formula is C17H26N2O. The van der Waals surface area contributed by atoms with Gasteiger partial charge >= 0.3 is 0 Å². The van der Waals surface area contributed by atoms with Crippen molar-refractivity contribution >= 4 is 5.91 Å². The summed E-state index contributed by atoms with van der Waals surface area (Å²) in [6, 6.07) is 10.3. The lowest BCUT2D eigenvalue weighted by Gasteiger charge is -2.27. The first-order valence-electron chi connectivity index (χ1n) is 7.75. The third-order valence-corrected chi connectivity index (χ3v) is 4.29. The van der Waals surface area contributed by atoms with Crippen molar-refractivity contribution in [3.8, 4) is 0 Å². The minimum atomic E-state index is -0.0478. The number of hydrogen-bond donors (Lipinski definition) is 2. The lowest BCUT2D eigenvalue weighted by atomic mass is 9.87. The van der Waals surface area contributed by atoms with Crippen LogP contribution in [-0.2, 0) is 4.79 Å². The van der Waals surface area contributed by atoms with Gasteiger partial charge in [0.25, 0.3) is 0 Å². The summed E-state index contributed by atoms with van der Waals surface area (Å²) in [6.07, 6.45) is 5.93. The molecule has 20 heavy (non-hydrogen) atoms. The highest BCUT2D eigenvalue weighted by Gasteiger charge is 2.19. The van der Waals surface area contributed by atoms with Crippen molar-refractivity contribution in [1.29, 1.82) is 0 Å². The average molecular weight is 274 g/mol. The Morgan fingerprint density at radius 2 is 1.90 bits per heavy atom. The van der Waals surface area contributed by atoms with Gasteiger partial charge in [-0.05, 0) is 43.6 Å². The molecule has 0 heterocycles. The molecule has 1 aliphatic carbocycles. The van der Waals surface area contributed by atoms with Crippen LogP contribution in [0.2, 0.25) is 0 Å². The topological polar surface area (TPSA) is 55.1 Å². The SMILES string of the molecule is CC1CCC(NC(=O)CCC(N)c2ccccc2)CC1. The van der Waals surface area contributed by atoms with E-state index < -0.39 is 0 Å². The van der Waals surface area contributed by atoms with Crippen LogP contribution in [0.15, 0.2) is 30.3 Å². The fourth-order valence-electron chi connectivity index (χ4n) is 2.86. The highest BCUT2D eigenvalue weighted by atomic mass is 16.1. The molecule has 1 aliphatic rings. The fraction of sp³-hybridized carbons (Fsp3) is 0.588. The first-order chi connectivity index (χ1) is 9.65. The summed E-state index contributed by atoms with van der Waals surface area (Å²) in [5, 5.41) is 3.15. The number of nitrogens with one attached hydrogen (secondary N) is 1. The molecule has 3 nitrogen and oxygen atoms in total. The van der Waals surface area contributed by atoms with E-state index in [2.05, 4.69) is 12.2 Å². The van der Waals surface area contributed by atoms with Gasteiger partial charge in [-0.15, -0.1) is 0 Å². The average Bonchev–Trinajstić information content (AvgIpc) is 2.48. The molecule has 1 saturated carbocycles. The highest BCUT2D eigenvalue weighted by Crippen LogP contribution is 2.23. The number of hydrogen-bond acceptors (Lipinski definition) is 2. The molecule has 2 rings (SSSR count). The number of nitrogens with two attached hydrogens (primary N) is 1. The Hall–Kier alpha value is -1.35. The molecule has 3 heteroatoms. The molecule has 1 aromatic carbocycles. The predicted octanol–water partition coefficient (Wildman–Crippen LogP) is 3.16. The quantitative estimate of drug-likeness (QED) is 0.866. The number of carbonyl (C=O) groups is 1. The van der Waals surface area contributed by atoms with Crippen LogP contribution in [0, 0.1) is 5.92 Å². The van der Waals surface area contributed by atoms with Gasteiger partial charge < -0.3 is 11.1 Å². The molecule has 0 spiro atoms. The Labute approximate surface area is 121 Å². The van der Waals surface area contributed by atoms with Crippen LogP contribution in [0.4, 0.5) is 0 Å². The van der Waals surface area contributed by atoms with Crippen molar-refractivity contribution < 1.29 is 4.79 Å². The van der Waals surface area contributed by atoms with Gasteiger partial charge in [0.1, 0.15) is 0 Å². The van der Waals surface area contributed by atoms with Gasteiger partial charge in [-0.1, -0.05) is 37.3 Å². The second-order valence-electron chi connectivity index (χ2n) is 6.08. The van der Waals surface area contributed by atoms with Crippen LogP contribution in [-0.4, -0.2) is 11.9 Å². The van der Waals surface area contributed by atoms with Crippen molar-refractivity contribution in [3.63, 3.8) is 0 Å². The molecule has 1 amide bonds. The van der Waals surface area contributed by atoms with Crippen LogP contribution in [0.5, 0.6) is 0 Å². The Balaban J connectivity index is 1.70. The Bertz CT molecular complexity index is 410. The minimum absolute atomic E-state index is 0.0478. The van der Waals surface area contributed by atoms with E-state index in [1.54, 1.807) is 0 Å². The van der Waals surface area contributed by atoms with Gasteiger partial charge in [0.15, 0.2) is 0 Å². The maximum atomic E-state index is 12.0. The lowest BCUT2D eigenvalue weighted by molar-refractivity contribution is -0.122. The molecule has 0 radical (unpaired) electrons. The van der Waals surface area contributed by atoms with E-state index in [1.807, 2.05) is 30.3 Å². The number of rotatable bonds is 5. The first kappa shape index (κ1) is 15.0. The summed E-state index contributed by atoms with van der Waals surface area (Å²) >= 11 is 0. The summed E-state index contributed by atoms with van der Waals surface area (Å²) < 4.78 is 0. The van der Waals surface area contributed by atoms with Crippen molar-refractivity contribution in [2.24, 2.45) is 11.7 Å². The number of amides is 1. The molecule has 0 bridgehead atoms. The molecule has 3 N–H and O–H groups in total. The molecule has 0 saturated heterocycles. The third-order valence-electron chi connectivity index (χ3n) is 4.29. The fourth-order valence-corrected chi connectivity index (χ4v) is 2.86. The van der Waals surface area contributed by atoms with E-state index in [4.69, 9.17) is 5.73 Å². The van der Waals surface area contributed by atoms with Crippen LogP contribution < -0.4 is 11.1 Å². The van der Waals surface area contributed by atoms with Gasteiger partial charge in [0.2, 0.25) is 5.91 Å².